The number of benzene rings is 1. The number of morpholine rings is 1. The summed E-state index contributed by atoms with van der Waals surface area (Å²) in [5.74, 6) is 0.166. The van der Waals surface area contributed by atoms with Crippen LogP contribution < -0.4 is 16.4 Å². The minimum Gasteiger partial charge on any atom is -0.506 e. The normalized spacial score (nSPS) is 18.7. The Morgan fingerprint density at radius 3 is 2.83 bits per heavy atom. The maximum atomic E-state index is 12.7. The van der Waals surface area contributed by atoms with Gasteiger partial charge in [0.05, 0.1) is 42.6 Å². The number of aromatic hydroxyl groups is 1. The molecule has 2 amide bonds. The number of amidine groups is 1. The van der Waals surface area contributed by atoms with E-state index in [1.165, 1.54) is 23.5 Å². The Balaban J connectivity index is 1.42. The van der Waals surface area contributed by atoms with Crippen LogP contribution in [0.15, 0.2) is 41.2 Å². The number of hydrogen-bond donors (Lipinski definition) is 4. The minimum atomic E-state index is -0.498. The first-order chi connectivity index (χ1) is 16.8. The van der Waals surface area contributed by atoms with Crippen LogP contribution in [0.5, 0.6) is 5.75 Å². The van der Waals surface area contributed by atoms with Crippen molar-refractivity contribution in [3.8, 4) is 5.75 Å². The van der Waals surface area contributed by atoms with Crippen LogP contribution in [0, 0.1) is 5.41 Å². The Bertz CT molecular complexity index is 1110. The lowest BCUT2D eigenvalue weighted by molar-refractivity contribution is -0.0784. The third-order valence-electron chi connectivity index (χ3n) is 5.80. The minimum absolute atomic E-state index is 0.0553. The molecule has 0 bridgehead atoms. The van der Waals surface area contributed by atoms with Gasteiger partial charge in [-0.3, -0.25) is 15.5 Å². The third-order valence-corrected chi connectivity index (χ3v) is 7.08. The number of ether oxygens (including phenoxy) is 2. The molecule has 1 aromatic carbocycles. The fourth-order valence-electron chi connectivity index (χ4n) is 3.52. The van der Waals surface area contributed by atoms with E-state index in [-0.39, 0.29) is 22.0 Å². The molecule has 3 heterocycles. The first kappa shape index (κ1) is 25.4. The van der Waals surface area contributed by atoms with E-state index in [9.17, 15) is 9.90 Å². The molecule has 0 radical (unpaired) electrons. The molecular formula is C23H29ClN6O4S. The molecule has 2 fully saturated rings. The number of nitrogens with one attached hydrogen (secondary N) is 2. The van der Waals surface area contributed by atoms with Crippen LogP contribution in [0.1, 0.15) is 11.8 Å². The number of halogens is 1. The molecule has 2 aliphatic rings. The number of aromatic nitrogens is 1. The molecule has 12 heteroatoms. The molecule has 188 valence electrons. The summed E-state index contributed by atoms with van der Waals surface area (Å²) in [6, 6.07) is 4.01. The van der Waals surface area contributed by atoms with Crippen LogP contribution in [0.4, 0.5) is 15.6 Å². The number of nitrogens with zero attached hydrogens (tertiary/aromatic N) is 3. The second-order valence-corrected chi connectivity index (χ2v) is 10.2. The highest BCUT2D eigenvalue weighted by Gasteiger charge is 2.36. The summed E-state index contributed by atoms with van der Waals surface area (Å²) >= 11 is 7.44. The lowest BCUT2D eigenvalue weighted by Crippen LogP contribution is -2.45. The molecule has 4 rings (SSSR count). The van der Waals surface area contributed by atoms with Crippen molar-refractivity contribution in [3.05, 3.63) is 46.1 Å². The fraction of sp³-hybridized carbons (Fsp3) is 0.435. The van der Waals surface area contributed by atoms with Gasteiger partial charge in [-0.2, -0.15) is 0 Å². The van der Waals surface area contributed by atoms with E-state index < -0.39 is 6.03 Å². The third kappa shape index (κ3) is 6.92. The summed E-state index contributed by atoms with van der Waals surface area (Å²) in [6.45, 7) is 7.28. The zero-order chi connectivity index (χ0) is 24.8. The van der Waals surface area contributed by atoms with Crippen molar-refractivity contribution in [1.29, 1.82) is 0 Å². The average molecular weight is 521 g/mol. The van der Waals surface area contributed by atoms with Gasteiger partial charge in [0.2, 0.25) is 0 Å². The summed E-state index contributed by atoms with van der Waals surface area (Å²) in [5, 5.41) is 15.8. The number of urea groups is 1. The monoisotopic (exact) mass is 520 g/mol. The number of thiazole rings is 1. The lowest BCUT2D eigenvalue weighted by atomic mass is 9.85. The SMILES string of the molecule is CC1(C(N)=CC(=Nc2ccc(O)c(Cl)c2)NC(=O)Nc2ncc(CCN3CCOCC3)s2)COC1. The fourth-order valence-corrected chi connectivity index (χ4v) is 4.49. The zero-order valence-corrected chi connectivity index (χ0v) is 21.0. The summed E-state index contributed by atoms with van der Waals surface area (Å²) in [6.07, 6.45) is 4.25. The molecule has 0 unspecified atom stereocenters. The number of nitrogens with two attached hydrogens (primary N) is 1. The number of amides is 2. The van der Waals surface area contributed by atoms with E-state index >= 15 is 0 Å². The molecule has 35 heavy (non-hydrogen) atoms. The predicted octanol–water partition coefficient (Wildman–Crippen LogP) is 3.11. The highest BCUT2D eigenvalue weighted by molar-refractivity contribution is 7.15. The van der Waals surface area contributed by atoms with Crippen molar-refractivity contribution < 1.29 is 19.4 Å². The summed E-state index contributed by atoms with van der Waals surface area (Å²) < 4.78 is 10.7. The maximum Gasteiger partial charge on any atom is 0.326 e. The van der Waals surface area contributed by atoms with E-state index in [4.69, 9.17) is 26.8 Å². The molecule has 2 saturated heterocycles. The Hall–Kier alpha value is -2.70. The van der Waals surface area contributed by atoms with Gasteiger partial charge in [-0.25, -0.2) is 14.8 Å². The van der Waals surface area contributed by atoms with Crippen LogP contribution in [0.3, 0.4) is 0 Å². The largest absolute Gasteiger partial charge is 0.506 e. The van der Waals surface area contributed by atoms with E-state index in [0.29, 0.717) is 29.7 Å². The van der Waals surface area contributed by atoms with Crippen molar-refractivity contribution >= 4 is 45.6 Å². The molecule has 0 saturated carbocycles. The Labute approximate surface area is 212 Å². The van der Waals surface area contributed by atoms with Gasteiger partial charge >= 0.3 is 6.03 Å². The Kier molecular flexibility index (Phi) is 8.24. The van der Waals surface area contributed by atoms with E-state index in [1.54, 1.807) is 18.3 Å². The van der Waals surface area contributed by atoms with Crippen molar-refractivity contribution in [3.63, 3.8) is 0 Å². The number of carbonyl (C=O) groups is 1. The van der Waals surface area contributed by atoms with Crippen LogP contribution in [0.25, 0.3) is 0 Å². The Morgan fingerprint density at radius 1 is 1.37 bits per heavy atom. The molecule has 10 nitrogen and oxygen atoms in total. The zero-order valence-electron chi connectivity index (χ0n) is 19.4. The molecule has 0 spiro atoms. The number of carbonyl (C=O) groups excluding carboxylic acids is 1. The van der Waals surface area contributed by atoms with E-state index in [0.717, 1.165) is 44.1 Å². The predicted molar refractivity (Wildman–Crippen MR) is 137 cm³/mol. The number of phenolic OH excluding ortho intramolecular Hbond substituents is 1. The van der Waals surface area contributed by atoms with Crippen LogP contribution >= 0.6 is 22.9 Å². The molecule has 2 aliphatic heterocycles. The molecule has 0 aliphatic carbocycles. The number of rotatable bonds is 7. The summed E-state index contributed by atoms with van der Waals surface area (Å²) in [4.78, 5) is 25.0. The first-order valence-electron chi connectivity index (χ1n) is 11.3. The summed E-state index contributed by atoms with van der Waals surface area (Å²) in [7, 11) is 0. The van der Waals surface area contributed by atoms with Crippen molar-refractivity contribution in [2.45, 2.75) is 13.3 Å². The first-order valence-corrected chi connectivity index (χ1v) is 12.5. The topological polar surface area (TPSA) is 134 Å². The van der Waals surface area contributed by atoms with E-state index in [1.807, 2.05) is 6.92 Å². The second-order valence-electron chi connectivity index (χ2n) is 8.70. The van der Waals surface area contributed by atoms with Crippen LogP contribution in [0.2, 0.25) is 5.02 Å². The van der Waals surface area contributed by atoms with Gasteiger partial charge < -0.3 is 20.3 Å². The van der Waals surface area contributed by atoms with E-state index in [2.05, 4.69) is 25.5 Å². The number of hydrogen-bond acceptors (Lipinski definition) is 9. The molecule has 1 aromatic heterocycles. The van der Waals surface area contributed by atoms with Gasteiger partial charge in [-0.15, -0.1) is 11.3 Å². The molecule has 5 N–H and O–H groups in total. The maximum absolute atomic E-state index is 12.7. The summed E-state index contributed by atoms with van der Waals surface area (Å²) in [5.41, 5.74) is 6.95. The van der Waals surface area contributed by atoms with Crippen LogP contribution in [-0.4, -0.2) is 72.9 Å². The number of phenols is 1. The average Bonchev–Trinajstić information content (AvgIpc) is 3.26. The molecule has 2 aromatic rings. The number of anilines is 1. The quantitative estimate of drug-likeness (QED) is 0.325. The standard InChI is InChI=1S/C23H29ClN6O4S/c1-23(13-34-14-23)19(25)11-20(27-15-2-3-18(31)17(24)10-15)28-21(32)29-22-26-12-16(35-22)4-5-30-6-8-33-9-7-30/h2-3,10-12,31H,4-9,13-14,25H2,1H3,(H2,26,27,28,29,32). The van der Waals surface area contributed by atoms with Gasteiger partial charge in [-0.05, 0) is 31.5 Å². The van der Waals surface area contributed by atoms with Gasteiger partial charge in [0.1, 0.15) is 11.6 Å². The van der Waals surface area contributed by atoms with Gasteiger partial charge in [0.15, 0.2) is 5.13 Å². The van der Waals surface area contributed by atoms with Crippen molar-refractivity contribution in [1.82, 2.24) is 15.2 Å². The van der Waals surface area contributed by atoms with Crippen molar-refractivity contribution in [2.75, 3.05) is 51.4 Å². The molecular weight excluding hydrogens is 492 g/mol. The highest BCUT2D eigenvalue weighted by atomic mass is 35.5. The number of aliphatic imine (C=N–C) groups is 1. The van der Waals surface area contributed by atoms with Crippen LogP contribution in [-0.2, 0) is 15.9 Å². The van der Waals surface area contributed by atoms with Gasteiger partial charge in [0, 0.05) is 42.5 Å². The lowest BCUT2D eigenvalue weighted by Gasteiger charge is -2.38. The smallest absolute Gasteiger partial charge is 0.326 e. The van der Waals surface area contributed by atoms with Crippen molar-refractivity contribution in [2.24, 2.45) is 16.1 Å². The Morgan fingerprint density at radius 2 is 2.14 bits per heavy atom. The molecule has 0 atom stereocenters. The van der Waals surface area contributed by atoms with Gasteiger partial charge in [0.25, 0.3) is 0 Å². The highest BCUT2D eigenvalue weighted by Crippen LogP contribution is 2.32. The van der Waals surface area contributed by atoms with Gasteiger partial charge in [-0.1, -0.05) is 11.6 Å². The second kappa shape index (κ2) is 11.4.